The summed E-state index contributed by atoms with van der Waals surface area (Å²) in [6, 6.07) is 11.6. The van der Waals surface area contributed by atoms with E-state index in [2.05, 4.69) is 30.9 Å². The van der Waals surface area contributed by atoms with Crippen LogP contribution in [0.15, 0.2) is 55.0 Å². The average Bonchev–Trinajstić information content (AvgIpc) is 3.63. The lowest BCUT2D eigenvalue weighted by molar-refractivity contribution is -0.123. The predicted molar refractivity (Wildman–Crippen MR) is 159 cm³/mol. The summed E-state index contributed by atoms with van der Waals surface area (Å²) < 4.78 is 8.84. The molecule has 0 saturated heterocycles. The maximum Gasteiger partial charge on any atom is 0.343 e. The van der Waals surface area contributed by atoms with E-state index >= 15 is 0 Å². The lowest BCUT2D eigenvalue weighted by Gasteiger charge is -2.32. The molecule has 0 atom stereocenters. The highest BCUT2D eigenvalue weighted by atomic mass is 16.5. The number of benzene rings is 1. The Balaban J connectivity index is 1.50. The van der Waals surface area contributed by atoms with Gasteiger partial charge in [-0.1, -0.05) is 45.7 Å². The van der Waals surface area contributed by atoms with Crippen LogP contribution in [0.25, 0.3) is 22.6 Å². The summed E-state index contributed by atoms with van der Waals surface area (Å²) in [5.41, 5.74) is 3.61. The van der Waals surface area contributed by atoms with Crippen LogP contribution in [-0.2, 0) is 9.53 Å². The molecule has 1 saturated carbocycles. The molecule has 1 aromatic carbocycles. The zero-order valence-corrected chi connectivity index (χ0v) is 24.5. The minimum atomic E-state index is -0.470. The second-order valence-corrected chi connectivity index (χ2v) is 11.1. The van der Waals surface area contributed by atoms with Crippen molar-refractivity contribution in [3.8, 4) is 16.9 Å². The van der Waals surface area contributed by atoms with Crippen molar-refractivity contribution in [1.29, 1.82) is 0 Å². The van der Waals surface area contributed by atoms with E-state index in [-0.39, 0.29) is 18.4 Å². The molecule has 3 aromatic heterocycles. The first-order valence-electron chi connectivity index (χ1n) is 14.9. The summed E-state index contributed by atoms with van der Waals surface area (Å²) in [6.07, 6.45) is 11.0. The van der Waals surface area contributed by atoms with Gasteiger partial charge in [-0.2, -0.15) is 5.10 Å². The number of aromatic nitrogens is 5. The van der Waals surface area contributed by atoms with Crippen LogP contribution in [0.5, 0.6) is 0 Å². The zero-order chi connectivity index (χ0) is 28.9. The van der Waals surface area contributed by atoms with Crippen LogP contribution in [0, 0.1) is 17.8 Å². The molecule has 0 N–H and O–H groups in total. The van der Waals surface area contributed by atoms with Gasteiger partial charge in [0.25, 0.3) is 0 Å². The van der Waals surface area contributed by atoms with Crippen molar-refractivity contribution < 1.29 is 14.3 Å². The Morgan fingerprint density at radius 1 is 1.05 bits per heavy atom. The topological polar surface area (TPSA) is 94.6 Å². The number of carbonyl (C=O) groups excluding carboxylic acids is 2. The van der Waals surface area contributed by atoms with Crippen LogP contribution in [0.3, 0.4) is 0 Å². The SMILES string of the molecule is CCOC(=O)c1cn(-c2ccc(-c3cc4ncccn4n3)cc2)nc1N(CC(CC)CC)C(=O)[C@H]1CC[C@H](C)CC1. The molecule has 0 spiro atoms. The van der Waals surface area contributed by atoms with E-state index in [1.165, 1.54) is 0 Å². The van der Waals surface area contributed by atoms with Gasteiger partial charge in [0.1, 0.15) is 5.56 Å². The fourth-order valence-electron chi connectivity index (χ4n) is 5.62. The molecule has 216 valence electrons. The number of esters is 1. The van der Waals surface area contributed by atoms with Gasteiger partial charge in [0.15, 0.2) is 11.5 Å². The molecule has 1 fully saturated rings. The van der Waals surface area contributed by atoms with E-state index < -0.39 is 5.97 Å². The lowest BCUT2D eigenvalue weighted by Crippen LogP contribution is -2.41. The molecular formula is C32H40N6O3. The molecule has 1 amide bonds. The van der Waals surface area contributed by atoms with Crippen molar-refractivity contribution in [2.45, 2.75) is 66.2 Å². The number of ether oxygens (including phenoxy) is 1. The van der Waals surface area contributed by atoms with Crippen LogP contribution in [0.4, 0.5) is 5.82 Å². The largest absolute Gasteiger partial charge is 0.462 e. The molecule has 5 rings (SSSR count). The normalized spacial score (nSPS) is 17.2. The second kappa shape index (κ2) is 12.7. The first-order valence-corrected chi connectivity index (χ1v) is 14.9. The highest BCUT2D eigenvalue weighted by Gasteiger charge is 2.34. The number of hydrogen-bond acceptors (Lipinski definition) is 6. The summed E-state index contributed by atoms with van der Waals surface area (Å²) in [4.78, 5) is 33.3. The molecule has 0 radical (unpaired) electrons. The van der Waals surface area contributed by atoms with Gasteiger partial charge in [-0.25, -0.2) is 19.0 Å². The zero-order valence-electron chi connectivity index (χ0n) is 24.5. The van der Waals surface area contributed by atoms with Crippen molar-refractivity contribution in [3.63, 3.8) is 0 Å². The minimum Gasteiger partial charge on any atom is -0.462 e. The number of fused-ring (bicyclic) bond motifs is 1. The number of anilines is 1. The first-order chi connectivity index (χ1) is 19.9. The molecule has 0 unspecified atom stereocenters. The van der Waals surface area contributed by atoms with Crippen molar-refractivity contribution in [2.75, 3.05) is 18.1 Å². The molecule has 4 aromatic rings. The Morgan fingerprint density at radius 3 is 2.44 bits per heavy atom. The first kappa shape index (κ1) is 28.5. The fraction of sp³-hybridized carbons (Fsp3) is 0.469. The molecule has 0 bridgehead atoms. The highest BCUT2D eigenvalue weighted by molar-refractivity contribution is 6.02. The van der Waals surface area contributed by atoms with Gasteiger partial charge in [0.05, 0.1) is 18.0 Å². The van der Waals surface area contributed by atoms with Crippen LogP contribution in [-0.4, -0.2) is 49.4 Å². The molecule has 1 aliphatic rings. The molecule has 9 nitrogen and oxygen atoms in total. The number of rotatable bonds is 10. The molecule has 41 heavy (non-hydrogen) atoms. The number of nitrogens with zero attached hydrogens (tertiary/aromatic N) is 6. The third-order valence-corrected chi connectivity index (χ3v) is 8.34. The summed E-state index contributed by atoms with van der Waals surface area (Å²) in [5, 5.41) is 9.47. The Bertz CT molecular complexity index is 1450. The van der Waals surface area contributed by atoms with Gasteiger partial charge in [-0.05, 0) is 62.6 Å². The maximum atomic E-state index is 14.0. The van der Waals surface area contributed by atoms with Gasteiger partial charge >= 0.3 is 5.97 Å². The molecule has 0 aliphatic heterocycles. The fourth-order valence-corrected chi connectivity index (χ4v) is 5.62. The Hall–Kier alpha value is -4.01. The van der Waals surface area contributed by atoms with Crippen LogP contribution < -0.4 is 4.90 Å². The molecule has 9 heteroatoms. The van der Waals surface area contributed by atoms with Gasteiger partial charge in [0.2, 0.25) is 5.91 Å². The van der Waals surface area contributed by atoms with E-state index in [9.17, 15) is 9.59 Å². The lowest BCUT2D eigenvalue weighted by atomic mass is 9.82. The smallest absolute Gasteiger partial charge is 0.343 e. The summed E-state index contributed by atoms with van der Waals surface area (Å²) in [6.45, 7) is 9.09. The third-order valence-electron chi connectivity index (χ3n) is 8.34. The van der Waals surface area contributed by atoms with E-state index in [4.69, 9.17) is 9.84 Å². The minimum absolute atomic E-state index is 0.0556. The molecule has 1 aliphatic carbocycles. The third kappa shape index (κ3) is 6.19. The van der Waals surface area contributed by atoms with Crippen LogP contribution >= 0.6 is 0 Å². The quantitative estimate of drug-likeness (QED) is 0.211. The van der Waals surface area contributed by atoms with Crippen molar-refractivity contribution >= 4 is 23.3 Å². The molecular weight excluding hydrogens is 516 g/mol. The summed E-state index contributed by atoms with van der Waals surface area (Å²) >= 11 is 0. The second-order valence-electron chi connectivity index (χ2n) is 11.1. The molecule has 3 heterocycles. The average molecular weight is 557 g/mol. The van der Waals surface area contributed by atoms with Gasteiger partial charge in [-0.3, -0.25) is 9.69 Å². The van der Waals surface area contributed by atoms with Crippen molar-refractivity contribution in [3.05, 3.63) is 60.6 Å². The number of hydrogen-bond donors (Lipinski definition) is 0. The van der Waals surface area contributed by atoms with Gasteiger partial charge < -0.3 is 4.74 Å². The summed E-state index contributed by atoms with van der Waals surface area (Å²) in [7, 11) is 0. The Morgan fingerprint density at radius 2 is 1.78 bits per heavy atom. The summed E-state index contributed by atoms with van der Waals surface area (Å²) in [5.74, 6) is 0.869. The Kier molecular flexibility index (Phi) is 8.81. The maximum absolute atomic E-state index is 14.0. The van der Waals surface area contributed by atoms with E-state index in [1.54, 1.807) is 33.4 Å². The Labute approximate surface area is 241 Å². The number of carbonyl (C=O) groups is 2. The monoisotopic (exact) mass is 556 g/mol. The van der Waals surface area contributed by atoms with Crippen molar-refractivity contribution in [2.24, 2.45) is 17.8 Å². The van der Waals surface area contributed by atoms with E-state index in [1.807, 2.05) is 42.6 Å². The van der Waals surface area contributed by atoms with Crippen molar-refractivity contribution in [1.82, 2.24) is 24.4 Å². The number of amides is 1. The van der Waals surface area contributed by atoms with Gasteiger partial charge in [-0.15, -0.1) is 5.10 Å². The predicted octanol–water partition coefficient (Wildman–Crippen LogP) is 6.35. The van der Waals surface area contributed by atoms with E-state index in [0.717, 1.165) is 61.1 Å². The standard InChI is InChI=1S/C32H40N6O3/c1-5-23(6-2)20-36(31(39)25-11-9-22(4)10-12-25)30-27(32(40)41-7-3)21-38(35-30)26-15-13-24(14-16-26)28-19-29-33-17-8-18-37(29)34-28/h8,13-19,21-23,25H,5-7,9-12,20H2,1-4H3/t22-,25-. The highest BCUT2D eigenvalue weighted by Crippen LogP contribution is 2.33. The van der Waals surface area contributed by atoms with Gasteiger partial charge in [0, 0.05) is 42.7 Å². The van der Waals surface area contributed by atoms with Crippen LogP contribution in [0.1, 0.15) is 76.6 Å². The van der Waals surface area contributed by atoms with Crippen LogP contribution in [0.2, 0.25) is 0 Å². The van der Waals surface area contributed by atoms with E-state index in [0.29, 0.717) is 29.8 Å².